The predicted molar refractivity (Wildman–Crippen MR) is 135 cm³/mol. The van der Waals surface area contributed by atoms with E-state index >= 15 is 0 Å². The van der Waals surface area contributed by atoms with Gasteiger partial charge in [-0.2, -0.15) is 0 Å². The minimum Gasteiger partial charge on any atom is -0.491 e. The average molecular weight is 488 g/mol. The lowest BCUT2D eigenvalue weighted by Gasteiger charge is -2.38. The Bertz CT molecular complexity index is 884. The van der Waals surface area contributed by atoms with Crippen LogP contribution in [0.25, 0.3) is 0 Å². The molecular weight excluding hydrogens is 446 g/mol. The molecule has 0 bridgehead atoms. The predicted octanol–water partition coefficient (Wildman–Crippen LogP) is 3.27. The molecule has 8 nitrogen and oxygen atoms in total. The molecule has 1 aliphatic carbocycles. The normalized spacial score (nSPS) is 27.4. The number of likely N-dealkylation sites (N-methyl/N-ethyl adjacent to an activating group) is 1. The quantitative estimate of drug-likeness (QED) is 0.687. The van der Waals surface area contributed by atoms with Crippen molar-refractivity contribution in [3.8, 4) is 5.75 Å². The van der Waals surface area contributed by atoms with Crippen molar-refractivity contribution in [1.82, 2.24) is 9.80 Å². The number of amides is 2. The number of anilines is 1. The Morgan fingerprint density at radius 2 is 1.89 bits per heavy atom. The van der Waals surface area contributed by atoms with E-state index in [0.717, 1.165) is 52.0 Å². The molecule has 2 aliphatic heterocycles. The van der Waals surface area contributed by atoms with Crippen LogP contribution < -0.4 is 10.1 Å². The van der Waals surface area contributed by atoms with Crippen LogP contribution in [0.15, 0.2) is 18.2 Å². The number of benzene rings is 1. The molecule has 1 aromatic carbocycles. The molecule has 0 radical (unpaired) electrons. The third-order valence-electron chi connectivity index (χ3n) is 7.63. The van der Waals surface area contributed by atoms with Gasteiger partial charge in [-0.15, -0.1) is 0 Å². The first-order valence-electron chi connectivity index (χ1n) is 13.0. The number of nitrogens with zero attached hydrogens (tertiary/aromatic N) is 2. The maximum absolute atomic E-state index is 13.4. The second-order valence-corrected chi connectivity index (χ2v) is 10.6. The van der Waals surface area contributed by atoms with Crippen molar-refractivity contribution in [2.24, 2.45) is 17.8 Å². The molecule has 2 fully saturated rings. The summed E-state index contributed by atoms with van der Waals surface area (Å²) in [5.41, 5.74) is 1.17. The Kier molecular flexibility index (Phi) is 8.68. The number of fused-ring (bicyclic) bond motifs is 1. The maximum atomic E-state index is 13.4. The summed E-state index contributed by atoms with van der Waals surface area (Å²) in [6.45, 7) is 8.86. The number of carbonyl (C=O) groups is 2. The van der Waals surface area contributed by atoms with E-state index in [1.54, 1.807) is 30.2 Å². The molecule has 2 heterocycles. The Labute approximate surface area is 209 Å². The summed E-state index contributed by atoms with van der Waals surface area (Å²) in [5, 5.41) is 2.98. The summed E-state index contributed by atoms with van der Waals surface area (Å²) in [7, 11) is 3.53. The molecule has 0 aromatic heterocycles. The molecule has 35 heavy (non-hydrogen) atoms. The molecule has 0 spiro atoms. The van der Waals surface area contributed by atoms with Crippen molar-refractivity contribution in [3.63, 3.8) is 0 Å². The third kappa shape index (κ3) is 6.74. The number of hydrogen-bond donors (Lipinski definition) is 1. The molecule has 194 valence electrons. The van der Waals surface area contributed by atoms with E-state index in [9.17, 15) is 9.59 Å². The fraction of sp³-hybridized carbons (Fsp3) is 0.704. The van der Waals surface area contributed by atoms with Crippen molar-refractivity contribution < 1.29 is 23.8 Å². The molecular formula is C27H41N3O5. The fourth-order valence-electron chi connectivity index (χ4n) is 5.03. The Hall–Kier alpha value is -2.16. The second kappa shape index (κ2) is 11.7. The minimum atomic E-state index is -0.110. The van der Waals surface area contributed by atoms with Gasteiger partial charge in [0.15, 0.2) is 0 Å². The first kappa shape index (κ1) is 25.9. The Morgan fingerprint density at radius 1 is 1.14 bits per heavy atom. The first-order chi connectivity index (χ1) is 16.9. The summed E-state index contributed by atoms with van der Waals surface area (Å²) in [6.07, 6.45) is 3.97. The van der Waals surface area contributed by atoms with Crippen LogP contribution in [-0.2, 0) is 14.3 Å². The highest BCUT2D eigenvalue weighted by Gasteiger charge is 2.31. The number of ether oxygens (including phenoxy) is 3. The molecule has 8 heteroatoms. The maximum Gasteiger partial charge on any atom is 0.257 e. The first-order valence-corrected chi connectivity index (χ1v) is 13.0. The van der Waals surface area contributed by atoms with Crippen molar-refractivity contribution in [1.29, 1.82) is 0 Å². The number of nitrogens with one attached hydrogen (secondary N) is 1. The molecule has 3 atom stereocenters. The van der Waals surface area contributed by atoms with Gasteiger partial charge in [0.2, 0.25) is 5.91 Å². The average Bonchev–Trinajstić information content (AvgIpc) is 3.71. The molecule has 1 aromatic rings. The van der Waals surface area contributed by atoms with E-state index < -0.39 is 0 Å². The van der Waals surface area contributed by atoms with Crippen LogP contribution in [0.5, 0.6) is 5.75 Å². The van der Waals surface area contributed by atoms with Crippen LogP contribution in [0.1, 0.15) is 49.9 Å². The lowest BCUT2D eigenvalue weighted by molar-refractivity contribution is -0.117. The summed E-state index contributed by atoms with van der Waals surface area (Å²) in [4.78, 5) is 29.9. The van der Waals surface area contributed by atoms with Crippen LogP contribution >= 0.6 is 0 Å². The zero-order chi connectivity index (χ0) is 24.9. The summed E-state index contributed by atoms with van der Waals surface area (Å²) in [5.74, 6) is 1.40. The van der Waals surface area contributed by atoms with Gasteiger partial charge in [0.25, 0.3) is 5.91 Å². The van der Waals surface area contributed by atoms with Crippen molar-refractivity contribution >= 4 is 17.5 Å². The van der Waals surface area contributed by atoms with Gasteiger partial charge in [-0.05, 0) is 56.6 Å². The number of methoxy groups -OCH3 is 1. The van der Waals surface area contributed by atoms with Crippen LogP contribution in [0, 0.1) is 17.8 Å². The zero-order valence-corrected chi connectivity index (χ0v) is 21.6. The highest BCUT2D eigenvalue weighted by Crippen LogP contribution is 2.32. The lowest BCUT2D eigenvalue weighted by atomic mass is 9.96. The van der Waals surface area contributed by atoms with E-state index in [0.29, 0.717) is 36.1 Å². The minimum absolute atomic E-state index is 0.0366. The highest BCUT2D eigenvalue weighted by molar-refractivity contribution is 5.99. The monoisotopic (exact) mass is 487 g/mol. The van der Waals surface area contributed by atoms with Crippen LogP contribution in [0.4, 0.5) is 5.69 Å². The van der Waals surface area contributed by atoms with Gasteiger partial charge in [-0.25, -0.2) is 0 Å². The molecule has 4 rings (SSSR count). The van der Waals surface area contributed by atoms with E-state index in [-0.39, 0.29) is 35.8 Å². The number of hydrogen-bond acceptors (Lipinski definition) is 6. The second-order valence-electron chi connectivity index (χ2n) is 10.6. The topological polar surface area (TPSA) is 80.3 Å². The van der Waals surface area contributed by atoms with Gasteiger partial charge in [0.05, 0.1) is 11.7 Å². The Balaban J connectivity index is 1.58. The van der Waals surface area contributed by atoms with Gasteiger partial charge >= 0.3 is 0 Å². The van der Waals surface area contributed by atoms with E-state index in [2.05, 4.69) is 24.1 Å². The smallest absolute Gasteiger partial charge is 0.257 e. The molecule has 1 N–H and O–H groups in total. The SMILES string of the molecule is CO[C@H]1CN(C)C(=O)c2ccc(NC(=O)C3CC3)cc2OC[C@@H](C)N(CC2CCOCC2)C[C@H]1C. The third-order valence-corrected chi connectivity index (χ3v) is 7.63. The van der Waals surface area contributed by atoms with Gasteiger partial charge in [-0.3, -0.25) is 14.5 Å². The molecule has 1 saturated carbocycles. The van der Waals surface area contributed by atoms with Gasteiger partial charge in [-0.1, -0.05) is 6.92 Å². The van der Waals surface area contributed by atoms with Crippen LogP contribution in [-0.4, -0.2) is 87.4 Å². The Morgan fingerprint density at radius 3 is 2.57 bits per heavy atom. The van der Waals surface area contributed by atoms with Gasteiger partial charge in [0.1, 0.15) is 12.4 Å². The lowest BCUT2D eigenvalue weighted by Crippen LogP contribution is -2.48. The number of carbonyl (C=O) groups excluding carboxylic acids is 2. The van der Waals surface area contributed by atoms with E-state index in [1.807, 2.05) is 7.05 Å². The highest BCUT2D eigenvalue weighted by atomic mass is 16.5. The standard InChI is InChI=1S/C27H41N3O5/c1-18-14-30(15-20-9-11-34-12-10-20)19(2)17-35-24-13-22(28-26(31)21-5-6-21)7-8-23(24)27(32)29(3)16-25(18)33-4/h7-8,13,18-21,25H,5-6,9-12,14-17H2,1-4H3,(H,28,31)/t18-,19-,25+/m1/s1. The van der Waals surface area contributed by atoms with E-state index in [1.165, 1.54) is 0 Å². The fourth-order valence-corrected chi connectivity index (χ4v) is 5.03. The zero-order valence-electron chi connectivity index (χ0n) is 21.6. The summed E-state index contributed by atoms with van der Waals surface area (Å²) < 4.78 is 17.7. The van der Waals surface area contributed by atoms with Crippen LogP contribution in [0.2, 0.25) is 0 Å². The largest absolute Gasteiger partial charge is 0.491 e. The van der Waals surface area contributed by atoms with Gasteiger partial charge < -0.3 is 24.4 Å². The number of rotatable bonds is 5. The van der Waals surface area contributed by atoms with Crippen molar-refractivity contribution in [2.45, 2.75) is 51.7 Å². The van der Waals surface area contributed by atoms with Crippen molar-refractivity contribution in [3.05, 3.63) is 23.8 Å². The van der Waals surface area contributed by atoms with Gasteiger partial charge in [0, 0.05) is 70.7 Å². The summed E-state index contributed by atoms with van der Waals surface area (Å²) >= 11 is 0. The molecule has 3 aliphatic rings. The molecule has 0 unspecified atom stereocenters. The van der Waals surface area contributed by atoms with Crippen molar-refractivity contribution in [2.75, 3.05) is 58.9 Å². The van der Waals surface area contributed by atoms with E-state index in [4.69, 9.17) is 14.2 Å². The summed E-state index contributed by atoms with van der Waals surface area (Å²) in [6, 6.07) is 5.50. The van der Waals surface area contributed by atoms with Crippen LogP contribution in [0.3, 0.4) is 0 Å². The molecule has 1 saturated heterocycles. The molecule has 2 amide bonds.